The molecule has 1 aliphatic heterocycles. The number of tetrazole rings is 1. The van der Waals surface area contributed by atoms with E-state index in [9.17, 15) is 9.90 Å². The molecular weight excluding hydrogens is 344 g/mol. The van der Waals surface area contributed by atoms with Crippen LogP contribution in [-0.4, -0.2) is 57.0 Å². The molecule has 136 valence electrons. The first-order valence-electron chi connectivity index (χ1n) is 8.10. The van der Waals surface area contributed by atoms with Crippen molar-refractivity contribution in [2.75, 3.05) is 19.6 Å². The van der Waals surface area contributed by atoms with E-state index < -0.39 is 12.1 Å². The highest BCUT2D eigenvalue weighted by Gasteiger charge is 2.28. The quantitative estimate of drug-likeness (QED) is 0.658. The summed E-state index contributed by atoms with van der Waals surface area (Å²) in [4.78, 5) is 12.7. The fourth-order valence-corrected chi connectivity index (χ4v) is 2.93. The Balaban J connectivity index is 0.00000225. The van der Waals surface area contributed by atoms with Crippen molar-refractivity contribution in [3.05, 3.63) is 41.7 Å². The molecule has 0 aliphatic carbocycles. The molecule has 3 unspecified atom stereocenters. The van der Waals surface area contributed by atoms with E-state index in [4.69, 9.17) is 0 Å². The van der Waals surface area contributed by atoms with Crippen molar-refractivity contribution in [3.63, 3.8) is 0 Å². The number of β-amino-alcohol motifs (C(OH)–C–C–N with tert-alkyl or cyclic N) is 1. The number of carbonyl (C=O) groups is 1. The summed E-state index contributed by atoms with van der Waals surface area (Å²) in [6.07, 6.45) is 0.0805. The molecule has 1 fully saturated rings. The number of hydrogen-bond donors (Lipinski definition) is 3. The molecule has 3 atom stereocenters. The zero-order valence-corrected chi connectivity index (χ0v) is 14.8. The van der Waals surface area contributed by atoms with Gasteiger partial charge >= 0.3 is 0 Å². The second-order valence-corrected chi connectivity index (χ2v) is 6.11. The zero-order chi connectivity index (χ0) is 16.9. The summed E-state index contributed by atoms with van der Waals surface area (Å²) in [6, 6.07) is 9.26. The van der Waals surface area contributed by atoms with Crippen molar-refractivity contribution >= 4 is 18.3 Å². The number of benzene rings is 1. The Morgan fingerprint density at radius 2 is 2.16 bits per heavy atom. The van der Waals surface area contributed by atoms with Crippen molar-refractivity contribution in [3.8, 4) is 0 Å². The molecule has 2 aromatic rings. The van der Waals surface area contributed by atoms with Gasteiger partial charge in [-0.3, -0.25) is 4.79 Å². The van der Waals surface area contributed by atoms with Crippen molar-refractivity contribution in [1.29, 1.82) is 0 Å². The van der Waals surface area contributed by atoms with E-state index in [1.54, 1.807) is 11.6 Å². The van der Waals surface area contributed by atoms with Crippen LogP contribution in [0.4, 0.5) is 0 Å². The highest BCUT2D eigenvalue weighted by molar-refractivity contribution is 5.85. The van der Waals surface area contributed by atoms with E-state index in [1.807, 2.05) is 30.3 Å². The zero-order valence-electron chi connectivity index (χ0n) is 14.0. The summed E-state index contributed by atoms with van der Waals surface area (Å²) >= 11 is 0. The number of halogens is 1. The van der Waals surface area contributed by atoms with E-state index in [1.165, 1.54) is 0 Å². The molecule has 1 aliphatic rings. The molecule has 2 heterocycles. The third-order valence-corrected chi connectivity index (χ3v) is 4.37. The van der Waals surface area contributed by atoms with Crippen LogP contribution in [0.3, 0.4) is 0 Å². The fraction of sp³-hybridized carbons (Fsp3) is 0.500. The number of hydrogen-bond acceptors (Lipinski definition) is 6. The van der Waals surface area contributed by atoms with E-state index in [-0.39, 0.29) is 24.2 Å². The smallest absolute Gasteiger partial charge is 0.245 e. The van der Waals surface area contributed by atoms with Crippen molar-refractivity contribution in [2.24, 2.45) is 5.92 Å². The van der Waals surface area contributed by atoms with Crippen LogP contribution in [0.15, 0.2) is 30.3 Å². The first kappa shape index (κ1) is 19.3. The Morgan fingerprint density at radius 3 is 2.76 bits per heavy atom. The lowest BCUT2D eigenvalue weighted by Crippen LogP contribution is -2.39. The summed E-state index contributed by atoms with van der Waals surface area (Å²) in [7, 11) is 0. The van der Waals surface area contributed by atoms with Crippen molar-refractivity contribution in [1.82, 2.24) is 30.8 Å². The highest BCUT2D eigenvalue weighted by atomic mass is 35.5. The maximum atomic E-state index is 12.7. The van der Waals surface area contributed by atoms with Crippen LogP contribution in [0.1, 0.15) is 17.4 Å². The number of nitrogens with zero attached hydrogens (tertiary/aromatic N) is 4. The van der Waals surface area contributed by atoms with E-state index >= 15 is 0 Å². The highest BCUT2D eigenvalue weighted by Crippen LogP contribution is 2.15. The van der Waals surface area contributed by atoms with Crippen LogP contribution in [0.25, 0.3) is 0 Å². The van der Waals surface area contributed by atoms with Gasteiger partial charge in [0.05, 0.1) is 6.10 Å². The predicted molar refractivity (Wildman–Crippen MR) is 94.4 cm³/mol. The first-order chi connectivity index (χ1) is 11.6. The van der Waals surface area contributed by atoms with Crippen LogP contribution in [0.2, 0.25) is 0 Å². The number of aromatic nitrogens is 4. The Bertz CT molecular complexity index is 680. The number of amides is 1. The SMILES string of the molecule is Cc1nnnn1C(Cc1ccccc1)C(=O)NCC1CNCC1O.Cl. The van der Waals surface area contributed by atoms with Crippen molar-refractivity contribution < 1.29 is 9.90 Å². The predicted octanol–water partition coefficient (Wildman–Crippen LogP) is -0.116. The fourth-order valence-electron chi connectivity index (χ4n) is 2.93. The number of carbonyl (C=O) groups excluding carboxylic acids is 1. The number of aliphatic hydroxyl groups is 1. The molecule has 9 heteroatoms. The van der Waals surface area contributed by atoms with Gasteiger partial charge in [-0.2, -0.15) is 0 Å². The first-order valence-corrected chi connectivity index (χ1v) is 8.10. The van der Waals surface area contributed by atoms with Gasteiger partial charge in [0.1, 0.15) is 11.9 Å². The average Bonchev–Trinajstić information content (AvgIpc) is 3.19. The van der Waals surface area contributed by atoms with Crippen LogP contribution >= 0.6 is 12.4 Å². The summed E-state index contributed by atoms with van der Waals surface area (Å²) in [6.45, 7) is 3.48. The third kappa shape index (κ3) is 4.75. The van der Waals surface area contributed by atoms with E-state index in [0.717, 1.165) is 5.56 Å². The molecule has 3 N–H and O–H groups in total. The second kappa shape index (κ2) is 8.89. The maximum Gasteiger partial charge on any atom is 0.245 e. The van der Waals surface area contributed by atoms with Gasteiger partial charge in [-0.25, -0.2) is 4.68 Å². The number of aliphatic hydroxyl groups excluding tert-OH is 1. The standard InChI is InChI=1S/C16H22N6O2.ClH/c1-11-19-20-21-22(11)14(7-12-5-3-2-4-6-12)16(24)18-9-13-8-17-10-15(13)23;/h2-6,13-15,17,23H,7-10H2,1H3,(H,18,24);1H. The molecule has 1 saturated heterocycles. The van der Waals surface area contributed by atoms with E-state index in [0.29, 0.717) is 31.9 Å². The summed E-state index contributed by atoms with van der Waals surface area (Å²) in [5.41, 5.74) is 1.04. The molecule has 1 amide bonds. The molecule has 8 nitrogen and oxygen atoms in total. The van der Waals surface area contributed by atoms with Gasteiger partial charge in [-0.1, -0.05) is 30.3 Å². The lowest BCUT2D eigenvalue weighted by atomic mass is 10.0. The van der Waals surface area contributed by atoms with Gasteiger partial charge < -0.3 is 15.7 Å². The molecule has 1 aromatic heterocycles. The number of aryl methyl sites for hydroxylation is 1. The van der Waals surface area contributed by atoms with Crippen LogP contribution in [-0.2, 0) is 11.2 Å². The molecule has 0 saturated carbocycles. The van der Waals surface area contributed by atoms with Gasteiger partial charge in [0, 0.05) is 32.0 Å². The van der Waals surface area contributed by atoms with Crippen LogP contribution in [0, 0.1) is 12.8 Å². The number of rotatable bonds is 6. The summed E-state index contributed by atoms with van der Waals surface area (Å²) in [5, 5.41) is 27.4. The minimum atomic E-state index is -0.520. The molecule has 0 radical (unpaired) electrons. The normalized spacial score (nSPS) is 20.7. The Labute approximate surface area is 152 Å². The van der Waals surface area contributed by atoms with Crippen LogP contribution in [0.5, 0.6) is 0 Å². The molecule has 0 spiro atoms. The van der Waals surface area contributed by atoms with E-state index in [2.05, 4.69) is 26.2 Å². The molecule has 25 heavy (non-hydrogen) atoms. The molecule has 1 aromatic carbocycles. The summed E-state index contributed by atoms with van der Waals surface area (Å²) in [5.74, 6) is 0.475. The van der Waals surface area contributed by atoms with Gasteiger partial charge in [0.2, 0.25) is 5.91 Å². The lowest BCUT2D eigenvalue weighted by molar-refractivity contribution is -0.125. The largest absolute Gasteiger partial charge is 0.391 e. The third-order valence-electron chi connectivity index (χ3n) is 4.37. The van der Waals surface area contributed by atoms with Crippen molar-refractivity contribution in [2.45, 2.75) is 25.5 Å². The molecule has 3 rings (SSSR count). The lowest BCUT2D eigenvalue weighted by Gasteiger charge is -2.20. The van der Waals surface area contributed by atoms with Gasteiger partial charge in [-0.15, -0.1) is 17.5 Å². The Hall–Kier alpha value is -2.03. The maximum absolute atomic E-state index is 12.7. The van der Waals surface area contributed by atoms with Gasteiger partial charge in [-0.05, 0) is 22.9 Å². The summed E-state index contributed by atoms with van der Waals surface area (Å²) < 4.78 is 1.55. The molecule has 0 bridgehead atoms. The second-order valence-electron chi connectivity index (χ2n) is 6.11. The molecular formula is C16H23ClN6O2. The minimum absolute atomic E-state index is 0. The average molecular weight is 367 g/mol. The van der Waals surface area contributed by atoms with Gasteiger partial charge in [0.15, 0.2) is 0 Å². The Kier molecular flexibility index (Phi) is 6.86. The monoisotopic (exact) mass is 366 g/mol. The van der Waals surface area contributed by atoms with Gasteiger partial charge in [0.25, 0.3) is 0 Å². The topological polar surface area (TPSA) is 105 Å². The Morgan fingerprint density at radius 1 is 1.40 bits per heavy atom. The number of nitrogens with one attached hydrogen (secondary N) is 2. The minimum Gasteiger partial charge on any atom is -0.391 e. The van der Waals surface area contributed by atoms with Crippen LogP contribution < -0.4 is 10.6 Å².